The Labute approximate surface area is 136 Å². The first kappa shape index (κ1) is 14.0. The Kier molecular flexibility index (Phi) is 3.77. The summed E-state index contributed by atoms with van der Waals surface area (Å²) in [6, 6.07) is 6.44. The van der Waals surface area contributed by atoms with Crippen molar-refractivity contribution in [3.05, 3.63) is 27.6 Å². The Balaban J connectivity index is 2.11. The molecule has 1 aliphatic carbocycles. The second-order valence-corrected chi connectivity index (χ2v) is 8.37. The molecule has 0 spiro atoms. The molecule has 1 aliphatic rings. The molecule has 1 atom stereocenters. The second-order valence-electron chi connectivity index (χ2n) is 5.19. The van der Waals surface area contributed by atoms with Crippen LogP contribution in [0.15, 0.2) is 18.2 Å². The maximum atomic E-state index is 6.32. The summed E-state index contributed by atoms with van der Waals surface area (Å²) < 4.78 is 3.96. The van der Waals surface area contributed by atoms with Crippen LogP contribution in [-0.4, -0.2) is 20.6 Å². The zero-order valence-corrected chi connectivity index (χ0v) is 14.7. The lowest BCUT2D eigenvalue weighted by Crippen LogP contribution is -2.16. The van der Waals surface area contributed by atoms with Crippen molar-refractivity contribution in [2.24, 2.45) is 0 Å². The van der Waals surface area contributed by atoms with Crippen LogP contribution in [0.25, 0.3) is 11.0 Å². The third kappa shape index (κ3) is 2.63. The van der Waals surface area contributed by atoms with Crippen molar-refractivity contribution in [1.29, 1.82) is 0 Å². The molecule has 0 amide bonds. The zero-order valence-electron chi connectivity index (χ0n) is 11.0. The first-order chi connectivity index (χ1) is 9.04. The quantitative estimate of drug-likeness (QED) is 0.534. The third-order valence-corrected chi connectivity index (χ3v) is 6.05. The lowest BCUT2D eigenvalue weighted by Gasteiger charge is -2.17. The molecule has 2 nitrogen and oxygen atoms in total. The SMILES string of the molecule is CSC1(Cn2c(C(C)Cl)nc3cc(I)ccc32)CC1. The molecule has 0 radical (unpaired) electrons. The van der Waals surface area contributed by atoms with Crippen molar-refractivity contribution in [2.75, 3.05) is 6.26 Å². The Morgan fingerprint density at radius 1 is 1.53 bits per heavy atom. The van der Waals surface area contributed by atoms with Crippen molar-refractivity contribution in [1.82, 2.24) is 9.55 Å². The Morgan fingerprint density at radius 3 is 2.84 bits per heavy atom. The van der Waals surface area contributed by atoms with E-state index in [-0.39, 0.29) is 5.38 Å². The van der Waals surface area contributed by atoms with E-state index in [0.717, 1.165) is 17.9 Å². The predicted octanol–water partition coefficient (Wildman–Crippen LogP) is 4.84. The number of hydrogen-bond donors (Lipinski definition) is 0. The van der Waals surface area contributed by atoms with E-state index in [9.17, 15) is 0 Å². The van der Waals surface area contributed by atoms with E-state index in [1.807, 2.05) is 18.7 Å². The van der Waals surface area contributed by atoms with Gasteiger partial charge in [-0.15, -0.1) is 11.6 Å². The van der Waals surface area contributed by atoms with Crippen LogP contribution in [-0.2, 0) is 6.54 Å². The van der Waals surface area contributed by atoms with Crippen LogP contribution in [0.4, 0.5) is 0 Å². The highest BCUT2D eigenvalue weighted by atomic mass is 127. The van der Waals surface area contributed by atoms with Gasteiger partial charge in [0.15, 0.2) is 0 Å². The molecule has 2 aromatic rings. The maximum Gasteiger partial charge on any atom is 0.127 e. The van der Waals surface area contributed by atoms with E-state index in [1.165, 1.54) is 21.9 Å². The van der Waals surface area contributed by atoms with Gasteiger partial charge in [-0.2, -0.15) is 11.8 Å². The van der Waals surface area contributed by atoms with E-state index < -0.39 is 0 Å². The summed E-state index contributed by atoms with van der Waals surface area (Å²) >= 11 is 10.6. The summed E-state index contributed by atoms with van der Waals surface area (Å²) in [5.41, 5.74) is 2.27. The maximum absolute atomic E-state index is 6.32. The fourth-order valence-corrected chi connectivity index (χ4v) is 3.86. The summed E-state index contributed by atoms with van der Waals surface area (Å²) in [5.74, 6) is 0.999. The van der Waals surface area contributed by atoms with E-state index in [4.69, 9.17) is 16.6 Å². The number of imidazole rings is 1. The Morgan fingerprint density at radius 2 is 2.26 bits per heavy atom. The van der Waals surface area contributed by atoms with Gasteiger partial charge < -0.3 is 4.57 Å². The molecule has 1 heterocycles. The molecule has 5 heteroatoms. The topological polar surface area (TPSA) is 17.8 Å². The number of rotatable bonds is 4. The molecule has 0 N–H and O–H groups in total. The van der Waals surface area contributed by atoms with Gasteiger partial charge in [0.2, 0.25) is 0 Å². The Hall–Kier alpha value is 0.0600. The first-order valence-corrected chi connectivity index (χ1v) is 9.13. The molecule has 1 saturated carbocycles. The lowest BCUT2D eigenvalue weighted by atomic mass is 10.3. The molecular formula is C14H16ClIN2S. The molecule has 0 bridgehead atoms. The van der Waals surface area contributed by atoms with Gasteiger partial charge in [-0.25, -0.2) is 4.98 Å². The van der Waals surface area contributed by atoms with Crippen LogP contribution in [0.1, 0.15) is 31.0 Å². The van der Waals surface area contributed by atoms with Crippen LogP contribution in [0, 0.1) is 3.57 Å². The minimum absolute atomic E-state index is 0.0530. The number of nitrogens with zero attached hydrogens (tertiary/aromatic N) is 2. The van der Waals surface area contributed by atoms with Crippen molar-refractivity contribution < 1.29 is 0 Å². The summed E-state index contributed by atoms with van der Waals surface area (Å²) in [5, 5.41) is -0.0530. The number of benzene rings is 1. The largest absolute Gasteiger partial charge is 0.325 e. The summed E-state index contributed by atoms with van der Waals surface area (Å²) in [4.78, 5) is 4.74. The van der Waals surface area contributed by atoms with E-state index >= 15 is 0 Å². The molecule has 102 valence electrons. The molecule has 1 aromatic heterocycles. The van der Waals surface area contributed by atoms with Gasteiger partial charge in [0.05, 0.1) is 16.4 Å². The zero-order chi connectivity index (χ0) is 13.6. The van der Waals surface area contributed by atoms with Crippen LogP contribution in [0.3, 0.4) is 0 Å². The van der Waals surface area contributed by atoms with Gasteiger partial charge in [-0.1, -0.05) is 0 Å². The lowest BCUT2D eigenvalue weighted by molar-refractivity contribution is 0.639. The van der Waals surface area contributed by atoms with Crippen LogP contribution in [0.5, 0.6) is 0 Å². The average Bonchev–Trinajstić information content (AvgIpc) is 3.06. The van der Waals surface area contributed by atoms with Gasteiger partial charge in [-0.05, 0) is 66.8 Å². The minimum Gasteiger partial charge on any atom is -0.325 e. The van der Waals surface area contributed by atoms with Crippen molar-refractivity contribution >= 4 is 57.0 Å². The van der Waals surface area contributed by atoms with Crippen LogP contribution in [0.2, 0.25) is 0 Å². The summed E-state index contributed by atoms with van der Waals surface area (Å²) in [7, 11) is 0. The predicted molar refractivity (Wildman–Crippen MR) is 92.2 cm³/mol. The molecule has 1 unspecified atom stereocenters. The number of alkyl halides is 1. The number of hydrogen-bond acceptors (Lipinski definition) is 2. The first-order valence-electron chi connectivity index (χ1n) is 6.39. The molecule has 0 saturated heterocycles. The highest BCUT2D eigenvalue weighted by Gasteiger charge is 2.43. The number of fused-ring (bicyclic) bond motifs is 1. The van der Waals surface area contributed by atoms with Crippen molar-refractivity contribution in [3.63, 3.8) is 0 Å². The normalized spacial score (nSPS) is 18.7. The van der Waals surface area contributed by atoms with Gasteiger partial charge in [0.25, 0.3) is 0 Å². The van der Waals surface area contributed by atoms with E-state index in [1.54, 1.807) is 0 Å². The van der Waals surface area contributed by atoms with Crippen LogP contribution >= 0.6 is 46.0 Å². The highest BCUT2D eigenvalue weighted by Crippen LogP contribution is 2.49. The highest BCUT2D eigenvalue weighted by molar-refractivity contribution is 14.1. The number of aromatic nitrogens is 2. The molecular weight excluding hydrogens is 391 g/mol. The van der Waals surface area contributed by atoms with E-state index in [2.05, 4.69) is 51.6 Å². The van der Waals surface area contributed by atoms with Gasteiger partial charge in [0, 0.05) is 14.9 Å². The molecule has 19 heavy (non-hydrogen) atoms. The van der Waals surface area contributed by atoms with Gasteiger partial charge >= 0.3 is 0 Å². The minimum atomic E-state index is -0.0530. The third-order valence-electron chi connectivity index (χ3n) is 3.78. The van der Waals surface area contributed by atoms with Crippen molar-refractivity contribution in [2.45, 2.75) is 36.4 Å². The smallest absolute Gasteiger partial charge is 0.127 e. The Bertz CT molecular complexity index is 619. The van der Waals surface area contributed by atoms with Gasteiger partial charge in [0.1, 0.15) is 5.82 Å². The number of halogens is 2. The average molecular weight is 407 g/mol. The van der Waals surface area contributed by atoms with Crippen LogP contribution < -0.4 is 0 Å². The summed E-state index contributed by atoms with van der Waals surface area (Å²) in [6.45, 7) is 3.03. The fourth-order valence-electron chi connectivity index (χ4n) is 2.45. The molecule has 0 aliphatic heterocycles. The van der Waals surface area contributed by atoms with Crippen molar-refractivity contribution in [3.8, 4) is 0 Å². The summed E-state index contributed by atoms with van der Waals surface area (Å²) in [6.07, 6.45) is 4.81. The molecule has 3 rings (SSSR count). The number of thioether (sulfide) groups is 1. The second kappa shape index (κ2) is 5.11. The van der Waals surface area contributed by atoms with Gasteiger partial charge in [-0.3, -0.25) is 0 Å². The monoisotopic (exact) mass is 406 g/mol. The standard InChI is InChI=1S/C14H16ClIN2S/c1-9(15)13-17-11-7-10(16)3-4-12(11)18(13)8-14(19-2)5-6-14/h3-4,7,9H,5-6,8H2,1-2H3. The fraction of sp³-hybridized carbons (Fsp3) is 0.500. The molecule has 1 aromatic carbocycles. The molecule has 1 fully saturated rings. The van der Waals surface area contributed by atoms with E-state index in [0.29, 0.717) is 4.75 Å².